The Kier molecular flexibility index (Phi) is 8.96. The van der Waals surface area contributed by atoms with Gasteiger partial charge in [-0.05, 0) is 0 Å². The number of hydrogen-bond donors (Lipinski definition) is 0. The van der Waals surface area contributed by atoms with Gasteiger partial charge in [-0.25, -0.2) is 0 Å². The van der Waals surface area contributed by atoms with Crippen LogP contribution in [0.3, 0.4) is 0 Å². The molecule has 0 amide bonds. The van der Waals surface area contributed by atoms with E-state index < -0.39 is 20.4 Å². The minimum absolute atomic E-state index is 0. The summed E-state index contributed by atoms with van der Waals surface area (Å²) in [7, 11) is 0. The number of pyridine rings is 1. The quantitative estimate of drug-likeness (QED) is 0.525. The molecule has 2 aliphatic rings. The zero-order valence-electron chi connectivity index (χ0n) is 19.5. The molecule has 1 heterocycles. The molecule has 0 aliphatic heterocycles. The van der Waals surface area contributed by atoms with Gasteiger partial charge in [0.05, 0.1) is 0 Å². The zero-order valence-corrected chi connectivity index (χ0v) is 24.4. The van der Waals surface area contributed by atoms with Crippen molar-refractivity contribution in [2.75, 3.05) is 0 Å². The number of hydrogen-bond acceptors (Lipinski definition) is 1. The maximum Gasteiger partial charge on any atom is -1.00 e. The van der Waals surface area contributed by atoms with Crippen molar-refractivity contribution in [2.45, 2.75) is 51.3 Å². The van der Waals surface area contributed by atoms with E-state index in [4.69, 9.17) is 0 Å². The standard InChI is InChI=1S/C15H12N.C9H13.C2H6Si.2ClH.Zr/c1-11-9-12-5-2-3-7-14(12)15(11)13-6-4-8-16-10-13;1-6-5-7(2)9(4)8(6)3;1-3-2;;;/h2-10H,1H3;6H,1-4H3;1-2H3;2*1H;/q;;;;;+2/p-2. The van der Waals surface area contributed by atoms with Gasteiger partial charge in [0.25, 0.3) is 0 Å². The molecule has 0 fully saturated rings. The van der Waals surface area contributed by atoms with Gasteiger partial charge >= 0.3 is 185 Å². The molecule has 0 bridgehead atoms. The van der Waals surface area contributed by atoms with Gasteiger partial charge < -0.3 is 24.8 Å². The number of nitrogens with zero attached hydrogens (tertiary/aromatic N) is 1. The van der Waals surface area contributed by atoms with Gasteiger partial charge in [0.15, 0.2) is 0 Å². The first-order valence-corrected chi connectivity index (χ1v) is 19.4. The Morgan fingerprint density at radius 1 is 0.871 bits per heavy atom. The van der Waals surface area contributed by atoms with Gasteiger partial charge in [0, 0.05) is 0 Å². The zero-order chi connectivity index (χ0) is 20.9. The summed E-state index contributed by atoms with van der Waals surface area (Å²) in [6, 6.07) is 13.5. The number of fused-ring (bicyclic) bond motifs is 1. The molecule has 2 unspecified atom stereocenters. The van der Waals surface area contributed by atoms with Crippen molar-refractivity contribution in [3.05, 3.63) is 91.1 Å². The van der Waals surface area contributed by atoms with Crippen LogP contribution < -0.4 is 24.8 Å². The molecule has 1 aromatic heterocycles. The van der Waals surface area contributed by atoms with Gasteiger partial charge in [0.2, 0.25) is 0 Å². The van der Waals surface area contributed by atoms with Crippen LogP contribution >= 0.6 is 0 Å². The molecule has 0 N–H and O–H groups in total. The minimum atomic E-state index is -1.95. The second-order valence-electron chi connectivity index (χ2n) is 8.80. The van der Waals surface area contributed by atoms with E-state index >= 15 is 0 Å². The number of rotatable bonds is 3. The third-order valence-electron chi connectivity index (χ3n) is 7.08. The van der Waals surface area contributed by atoms with Crippen LogP contribution in [-0.4, -0.2) is 10.4 Å². The molecule has 0 saturated carbocycles. The predicted octanol–water partition coefficient (Wildman–Crippen LogP) is 1.10. The molecule has 0 radical (unpaired) electrons. The summed E-state index contributed by atoms with van der Waals surface area (Å²) in [5.74, 6) is 0.645. The van der Waals surface area contributed by atoms with Gasteiger partial charge in [-0.1, -0.05) is 0 Å². The largest absolute Gasteiger partial charge is 1.00 e. The molecule has 0 saturated heterocycles. The Balaban J connectivity index is 0.00000171. The summed E-state index contributed by atoms with van der Waals surface area (Å²) in [4.78, 5) is 4.44. The van der Waals surface area contributed by atoms with Crippen molar-refractivity contribution in [2.24, 2.45) is 5.92 Å². The molecule has 0 spiro atoms. The molecule has 4 rings (SSSR count). The number of allylic oxidation sites excluding steroid dienone is 5. The van der Waals surface area contributed by atoms with Crippen LogP contribution in [-0.2, 0) is 20.4 Å². The molecular weight excluding hydrogens is 517 g/mol. The summed E-state index contributed by atoms with van der Waals surface area (Å²) in [5, 5.41) is 0. The summed E-state index contributed by atoms with van der Waals surface area (Å²) >= 11 is -1.95. The predicted molar refractivity (Wildman–Crippen MR) is 123 cm³/mol. The second kappa shape index (κ2) is 10.5. The SMILES string of the molecule is CC1=C(C)C(C)[C]([Zr+2]([CH]2C(C)=C(c3cccnc3)c3ccccc32)=[Si](C)C)=C1C.[Cl-].[Cl-]. The van der Waals surface area contributed by atoms with Gasteiger partial charge in [-0.2, -0.15) is 0 Å². The third kappa shape index (κ3) is 4.41. The fourth-order valence-electron chi connectivity index (χ4n) is 5.34. The van der Waals surface area contributed by atoms with E-state index in [2.05, 4.69) is 89.1 Å². The molecule has 31 heavy (non-hydrogen) atoms. The van der Waals surface area contributed by atoms with E-state index in [-0.39, 0.29) is 30.2 Å². The van der Waals surface area contributed by atoms with Crippen molar-refractivity contribution >= 4 is 11.0 Å². The van der Waals surface area contributed by atoms with Gasteiger partial charge in [-0.15, -0.1) is 0 Å². The molecule has 162 valence electrons. The van der Waals surface area contributed by atoms with Crippen LogP contribution in [0.2, 0.25) is 13.1 Å². The molecular formula is C26H31Cl2NSiZr. The maximum absolute atomic E-state index is 4.44. The average Bonchev–Trinajstić information content (AvgIpc) is 3.10. The van der Waals surface area contributed by atoms with E-state index in [1.54, 1.807) is 27.9 Å². The van der Waals surface area contributed by atoms with Gasteiger partial charge in [-0.3, -0.25) is 0 Å². The number of halogens is 2. The average molecular weight is 548 g/mol. The summed E-state index contributed by atoms with van der Waals surface area (Å²) in [6.45, 7) is 17.2. The minimum Gasteiger partial charge on any atom is -1.00 e. The van der Waals surface area contributed by atoms with Crippen LogP contribution in [0.25, 0.3) is 5.57 Å². The molecule has 1 nitrogen and oxygen atoms in total. The van der Waals surface area contributed by atoms with Crippen molar-refractivity contribution in [1.82, 2.24) is 4.98 Å². The Morgan fingerprint density at radius 2 is 1.55 bits per heavy atom. The Labute approximate surface area is 208 Å². The van der Waals surface area contributed by atoms with Crippen molar-refractivity contribution in [1.29, 1.82) is 0 Å². The fraction of sp³-hybridized carbons (Fsp3) is 0.346. The van der Waals surface area contributed by atoms with Crippen LogP contribution in [0.1, 0.15) is 54.9 Å². The Hall–Kier alpha value is -0.730. The molecule has 2 aliphatic carbocycles. The number of benzene rings is 1. The first-order chi connectivity index (χ1) is 13.8. The maximum atomic E-state index is 4.44. The van der Waals surface area contributed by atoms with Crippen LogP contribution in [0.5, 0.6) is 0 Å². The molecule has 2 aromatic rings. The third-order valence-corrected chi connectivity index (χ3v) is 26.1. The summed E-state index contributed by atoms with van der Waals surface area (Å²) < 4.78 is 2.56. The van der Waals surface area contributed by atoms with Gasteiger partial charge in [0.1, 0.15) is 0 Å². The molecule has 1 aromatic carbocycles. The van der Waals surface area contributed by atoms with E-state index in [1.165, 1.54) is 16.7 Å². The van der Waals surface area contributed by atoms with E-state index in [0.29, 0.717) is 9.54 Å². The van der Waals surface area contributed by atoms with Crippen molar-refractivity contribution in [3.63, 3.8) is 0 Å². The monoisotopic (exact) mass is 545 g/mol. The van der Waals surface area contributed by atoms with Crippen LogP contribution in [0.4, 0.5) is 0 Å². The van der Waals surface area contributed by atoms with Crippen molar-refractivity contribution in [3.8, 4) is 0 Å². The summed E-state index contributed by atoms with van der Waals surface area (Å²) in [6.07, 6.45) is 3.92. The van der Waals surface area contributed by atoms with E-state index in [1.807, 2.05) is 15.7 Å². The fourth-order valence-corrected chi connectivity index (χ4v) is 26.0. The molecule has 2 atom stereocenters. The first kappa shape index (κ1) is 26.5. The van der Waals surface area contributed by atoms with Crippen LogP contribution in [0, 0.1) is 5.92 Å². The molecule has 5 heteroatoms. The first-order valence-electron chi connectivity index (χ1n) is 10.6. The second-order valence-corrected chi connectivity index (χ2v) is 26.1. The Morgan fingerprint density at radius 3 is 2.10 bits per heavy atom. The summed E-state index contributed by atoms with van der Waals surface area (Å²) in [5.41, 5.74) is 11.8. The van der Waals surface area contributed by atoms with E-state index in [0.717, 1.165) is 0 Å². The smallest absolute Gasteiger partial charge is 1.00 e. The van der Waals surface area contributed by atoms with E-state index in [9.17, 15) is 0 Å². The normalized spacial score (nSPS) is 19.5. The Bertz CT molecular complexity index is 1130. The topological polar surface area (TPSA) is 12.9 Å². The van der Waals surface area contributed by atoms with Crippen LogP contribution in [0.15, 0.2) is 74.4 Å². The van der Waals surface area contributed by atoms with Crippen molar-refractivity contribution < 1.29 is 45.2 Å². The number of aromatic nitrogens is 1.